The zero-order valence-electron chi connectivity index (χ0n) is 9.94. The minimum absolute atomic E-state index is 0.207. The van der Waals surface area contributed by atoms with Crippen molar-refractivity contribution in [3.63, 3.8) is 0 Å². The lowest BCUT2D eigenvalue weighted by Crippen LogP contribution is -2.27. The molecular formula is C12H13NO3S. The third-order valence-corrected chi connectivity index (χ3v) is 3.46. The van der Waals surface area contributed by atoms with Crippen LogP contribution in [0, 0.1) is 13.8 Å². The van der Waals surface area contributed by atoms with Crippen LogP contribution in [-0.4, -0.2) is 22.6 Å². The Labute approximate surface area is 104 Å². The lowest BCUT2D eigenvalue weighted by molar-refractivity contribution is -0.122. The van der Waals surface area contributed by atoms with Crippen molar-refractivity contribution < 1.29 is 14.0 Å². The van der Waals surface area contributed by atoms with Gasteiger partial charge in [0.1, 0.15) is 11.5 Å². The summed E-state index contributed by atoms with van der Waals surface area (Å²) in [5.41, 5.74) is 0.851. The molecule has 0 radical (unpaired) electrons. The average molecular weight is 251 g/mol. The lowest BCUT2D eigenvalue weighted by Gasteiger charge is -2.06. The van der Waals surface area contributed by atoms with Crippen LogP contribution in [0.15, 0.2) is 15.4 Å². The summed E-state index contributed by atoms with van der Waals surface area (Å²) in [7, 11) is 0. The molecule has 1 fully saturated rings. The minimum atomic E-state index is -0.222. The molecule has 0 N–H and O–H groups in total. The number of carbonyl (C=O) groups excluding carboxylic acids is 2. The normalized spacial score (nSPS) is 18.5. The highest BCUT2D eigenvalue weighted by molar-refractivity contribution is 8.18. The van der Waals surface area contributed by atoms with E-state index in [4.69, 9.17) is 4.42 Å². The Morgan fingerprint density at radius 3 is 2.59 bits per heavy atom. The molecule has 5 heteroatoms. The number of amides is 2. The summed E-state index contributed by atoms with van der Waals surface area (Å²) in [6.45, 7) is 5.88. The zero-order valence-corrected chi connectivity index (χ0v) is 10.8. The Hall–Kier alpha value is -1.49. The van der Waals surface area contributed by atoms with Gasteiger partial charge in [-0.15, -0.1) is 0 Å². The Kier molecular flexibility index (Phi) is 3.11. The summed E-state index contributed by atoms with van der Waals surface area (Å²) in [6.07, 6.45) is 1.71. The Bertz CT molecular complexity index is 516. The van der Waals surface area contributed by atoms with Gasteiger partial charge in [-0.2, -0.15) is 0 Å². The van der Waals surface area contributed by atoms with Crippen LogP contribution in [0.4, 0.5) is 4.79 Å². The molecule has 1 aromatic heterocycles. The van der Waals surface area contributed by atoms with Crippen molar-refractivity contribution in [2.45, 2.75) is 20.8 Å². The molecule has 0 aliphatic carbocycles. The van der Waals surface area contributed by atoms with E-state index in [0.29, 0.717) is 11.4 Å². The highest BCUT2D eigenvalue weighted by atomic mass is 32.2. The molecule has 1 aromatic rings. The quantitative estimate of drug-likeness (QED) is 0.758. The van der Waals surface area contributed by atoms with Gasteiger partial charge in [0.2, 0.25) is 0 Å². The van der Waals surface area contributed by atoms with Gasteiger partial charge < -0.3 is 4.42 Å². The molecule has 1 aliphatic rings. The van der Waals surface area contributed by atoms with E-state index in [-0.39, 0.29) is 11.1 Å². The van der Waals surface area contributed by atoms with E-state index < -0.39 is 0 Å². The number of hydrogen-bond donors (Lipinski definition) is 0. The predicted octanol–water partition coefficient (Wildman–Crippen LogP) is 2.95. The van der Waals surface area contributed by atoms with Gasteiger partial charge in [0.05, 0.1) is 4.91 Å². The molecule has 0 aromatic carbocycles. The highest BCUT2D eigenvalue weighted by Crippen LogP contribution is 2.32. The first kappa shape index (κ1) is 12.0. The fraction of sp³-hybridized carbons (Fsp3) is 0.333. The van der Waals surface area contributed by atoms with E-state index in [1.54, 1.807) is 13.0 Å². The largest absolute Gasteiger partial charge is 0.466 e. The number of thioether (sulfide) groups is 1. The van der Waals surface area contributed by atoms with E-state index in [1.165, 1.54) is 4.90 Å². The molecule has 0 spiro atoms. The molecule has 2 amide bonds. The molecule has 4 nitrogen and oxygen atoms in total. The Balaban J connectivity index is 2.33. The van der Waals surface area contributed by atoms with Crippen LogP contribution in [0.25, 0.3) is 6.08 Å². The van der Waals surface area contributed by atoms with E-state index >= 15 is 0 Å². The fourth-order valence-corrected chi connectivity index (χ4v) is 2.60. The van der Waals surface area contributed by atoms with Crippen LogP contribution in [0.3, 0.4) is 0 Å². The molecule has 2 heterocycles. The molecular weight excluding hydrogens is 238 g/mol. The second-order valence-corrected chi connectivity index (χ2v) is 4.79. The van der Waals surface area contributed by atoms with Crippen molar-refractivity contribution in [2.75, 3.05) is 6.54 Å². The third kappa shape index (κ3) is 2.15. The third-order valence-electron chi connectivity index (χ3n) is 2.56. The minimum Gasteiger partial charge on any atom is -0.466 e. The summed E-state index contributed by atoms with van der Waals surface area (Å²) in [6, 6.07) is 1.86. The van der Waals surface area contributed by atoms with Crippen LogP contribution in [0.5, 0.6) is 0 Å². The van der Waals surface area contributed by atoms with Gasteiger partial charge in [-0.1, -0.05) is 0 Å². The fourth-order valence-electron chi connectivity index (χ4n) is 1.71. The van der Waals surface area contributed by atoms with E-state index in [2.05, 4.69) is 0 Å². The van der Waals surface area contributed by atoms with Gasteiger partial charge in [0, 0.05) is 12.1 Å². The molecule has 1 aliphatic heterocycles. The van der Waals surface area contributed by atoms with Crippen molar-refractivity contribution in [3.05, 3.63) is 28.1 Å². The summed E-state index contributed by atoms with van der Waals surface area (Å²) in [5.74, 6) is 1.33. The van der Waals surface area contributed by atoms with Crippen molar-refractivity contribution in [3.8, 4) is 0 Å². The number of furan rings is 1. The van der Waals surface area contributed by atoms with Crippen molar-refractivity contribution in [1.82, 2.24) is 4.90 Å². The number of carbonyl (C=O) groups is 2. The summed E-state index contributed by atoms with van der Waals surface area (Å²) >= 11 is 0.976. The maximum atomic E-state index is 11.9. The SMILES string of the molecule is CCN1C(=O)S/C(=C\c2cc(C)oc2C)C1=O. The van der Waals surface area contributed by atoms with E-state index in [1.807, 2.05) is 19.9 Å². The standard InChI is InChI=1S/C12H13NO3S/c1-4-13-11(14)10(17-12(13)15)6-9-5-7(2)16-8(9)3/h5-6H,4H2,1-3H3/b10-6-. The number of likely N-dealkylation sites (N-methyl/N-ethyl adjacent to an activating group) is 1. The summed E-state index contributed by atoms with van der Waals surface area (Å²) in [5, 5.41) is -0.207. The molecule has 0 atom stereocenters. The molecule has 17 heavy (non-hydrogen) atoms. The lowest BCUT2D eigenvalue weighted by atomic mass is 10.2. The number of aryl methyl sites for hydroxylation is 2. The molecule has 1 saturated heterocycles. The monoisotopic (exact) mass is 251 g/mol. The van der Waals surface area contributed by atoms with E-state index in [0.717, 1.165) is 28.8 Å². The van der Waals surface area contributed by atoms with Crippen LogP contribution in [0.2, 0.25) is 0 Å². The van der Waals surface area contributed by atoms with Crippen LogP contribution in [0.1, 0.15) is 24.0 Å². The van der Waals surface area contributed by atoms with E-state index in [9.17, 15) is 9.59 Å². The van der Waals surface area contributed by atoms with Crippen molar-refractivity contribution >= 4 is 29.0 Å². The van der Waals surface area contributed by atoms with Crippen LogP contribution < -0.4 is 0 Å². The number of nitrogens with zero attached hydrogens (tertiary/aromatic N) is 1. The average Bonchev–Trinajstić information content (AvgIpc) is 2.69. The van der Waals surface area contributed by atoms with Gasteiger partial charge in [0.15, 0.2) is 0 Å². The maximum absolute atomic E-state index is 11.9. The summed E-state index contributed by atoms with van der Waals surface area (Å²) < 4.78 is 5.38. The number of rotatable bonds is 2. The smallest absolute Gasteiger partial charge is 0.293 e. The Morgan fingerprint density at radius 2 is 2.12 bits per heavy atom. The molecule has 0 unspecified atom stereocenters. The first-order valence-electron chi connectivity index (χ1n) is 5.35. The molecule has 2 rings (SSSR count). The molecule has 90 valence electrons. The topological polar surface area (TPSA) is 50.5 Å². The van der Waals surface area contributed by atoms with Crippen LogP contribution >= 0.6 is 11.8 Å². The van der Waals surface area contributed by atoms with Gasteiger partial charge in [0.25, 0.3) is 11.1 Å². The molecule has 0 saturated carbocycles. The van der Waals surface area contributed by atoms with Crippen molar-refractivity contribution in [2.24, 2.45) is 0 Å². The highest BCUT2D eigenvalue weighted by Gasteiger charge is 2.33. The van der Waals surface area contributed by atoms with Crippen LogP contribution in [-0.2, 0) is 4.79 Å². The first-order chi connectivity index (χ1) is 8.02. The first-order valence-corrected chi connectivity index (χ1v) is 6.17. The maximum Gasteiger partial charge on any atom is 0.293 e. The number of hydrogen-bond acceptors (Lipinski definition) is 4. The predicted molar refractivity (Wildman–Crippen MR) is 66.5 cm³/mol. The van der Waals surface area contributed by atoms with Gasteiger partial charge in [-0.25, -0.2) is 0 Å². The van der Waals surface area contributed by atoms with Crippen molar-refractivity contribution in [1.29, 1.82) is 0 Å². The second kappa shape index (κ2) is 4.41. The zero-order chi connectivity index (χ0) is 12.6. The molecule has 0 bridgehead atoms. The summed E-state index contributed by atoms with van der Waals surface area (Å²) in [4.78, 5) is 25.1. The van der Waals surface area contributed by atoms with Gasteiger partial charge >= 0.3 is 0 Å². The number of imide groups is 1. The van der Waals surface area contributed by atoms with Gasteiger partial charge in [-0.05, 0) is 44.7 Å². The second-order valence-electron chi connectivity index (χ2n) is 3.79. The van der Waals surface area contributed by atoms with Gasteiger partial charge in [-0.3, -0.25) is 14.5 Å². The Morgan fingerprint density at radius 1 is 1.41 bits per heavy atom.